The normalized spacial score (nSPS) is 13.3. The molecule has 0 aromatic carbocycles. The first-order valence-corrected chi connectivity index (χ1v) is 4.51. The molecule has 0 bridgehead atoms. The number of thioether (sulfide) groups is 1. The Labute approximate surface area is 70.6 Å². The summed E-state index contributed by atoms with van der Waals surface area (Å²) in [6.07, 6.45) is 3.25. The van der Waals surface area contributed by atoms with E-state index in [1.807, 2.05) is 7.05 Å². The van der Waals surface area contributed by atoms with E-state index in [0.717, 1.165) is 11.0 Å². The smallest absolute Gasteiger partial charge is 0.255 e. The van der Waals surface area contributed by atoms with E-state index in [2.05, 4.69) is 17.2 Å². The van der Waals surface area contributed by atoms with Gasteiger partial charge in [-0.25, -0.2) is 4.98 Å². The maximum Gasteiger partial charge on any atom is 0.255 e. The van der Waals surface area contributed by atoms with E-state index in [1.165, 1.54) is 0 Å². The molecule has 1 rings (SSSR count). The molecule has 1 aromatic rings. The molecule has 0 saturated carbocycles. The number of nitrogens with one attached hydrogen (secondary N) is 1. The van der Waals surface area contributed by atoms with Crippen LogP contribution in [-0.2, 0) is 0 Å². The monoisotopic (exact) mass is 172 g/mol. The molecule has 4 heteroatoms. The third-order valence-electron chi connectivity index (χ3n) is 1.36. The molecule has 62 valence electrons. The van der Waals surface area contributed by atoms with Gasteiger partial charge in [0.1, 0.15) is 6.26 Å². The molecular formula is C7H12N2OS. The van der Waals surface area contributed by atoms with Gasteiger partial charge in [0.15, 0.2) is 0 Å². The average Bonchev–Trinajstić information content (AvgIpc) is 2.52. The summed E-state index contributed by atoms with van der Waals surface area (Å²) in [6, 6.07) is 0.492. The predicted octanol–water partition coefficient (Wildman–Crippen LogP) is 1.37. The standard InChI is InChI=1S/C7H12N2OS/c1-6(8-2)5-11-7-9-3-4-10-7/h3-4,6,8H,5H2,1-2H3. The van der Waals surface area contributed by atoms with Gasteiger partial charge in [0.2, 0.25) is 0 Å². The molecular weight excluding hydrogens is 160 g/mol. The van der Waals surface area contributed by atoms with Crippen LogP contribution in [0.4, 0.5) is 0 Å². The zero-order valence-corrected chi connectivity index (χ0v) is 7.52. The summed E-state index contributed by atoms with van der Waals surface area (Å²) >= 11 is 1.62. The SMILES string of the molecule is CNC(C)CSc1ncco1. The molecule has 0 aliphatic rings. The van der Waals surface area contributed by atoms with Crippen molar-refractivity contribution in [3.8, 4) is 0 Å². The van der Waals surface area contributed by atoms with Crippen molar-refractivity contribution < 1.29 is 4.42 Å². The van der Waals surface area contributed by atoms with Gasteiger partial charge in [-0.2, -0.15) is 0 Å². The maximum absolute atomic E-state index is 5.05. The number of aromatic nitrogens is 1. The van der Waals surface area contributed by atoms with Crippen LogP contribution in [0.3, 0.4) is 0 Å². The topological polar surface area (TPSA) is 38.1 Å². The fourth-order valence-corrected chi connectivity index (χ4v) is 1.38. The third kappa shape index (κ3) is 2.95. The van der Waals surface area contributed by atoms with Gasteiger partial charge in [-0.1, -0.05) is 11.8 Å². The van der Waals surface area contributed by atoms with Crippen molar-refractivity contribution in [3.05, 3.63) is 12.5 Å². The first-order valence-electron chi connectivity index (χ1n) is 3.52. The Hall–Kier alpha value is -0.480. The molecule has 1 N–H and O–H groups in total. The summed E-state index contributed by atoms with van der Waals surface area (Å²) in [7, 11) is 1.95. The largest absolute Gasteiger partial charge is 0.440 e. The first-order chi connectivity index (χ1) is 5.33. The lowest BCUT2D eigenvalue weighted by Gasteiger charge is -2.06. The van der Waals surface area contributed by atoms with E-state index in [0.29, 0.717) is 6.04 Å². The van der Waals surface area contributed by atoms with E-state index in [1.54, 1.807) is 24.2 Å². The Bertz CT molecular complexity index is 188. The number of rotatable bonds is 4. The molecule has 1 heterocycles. The third-order valence-corrected chi connectivity index (χ3v) is 2.47. The summed E-state index contributed by atoms with van der Waals surface area (Å²) in [6.45, 7) is 2.12. The molecule has 0 amide bonds. The van der Waals surface area contributed by atoms with Gasteiger partial charge in [0.05, 0.1) is 6.20 Å². The van der Waals surface area contributed by atoms with Crippen LogP contribution in [0.2, 0.25) is 0 Å². The molecule has 1 atom stereocenters. The quantitative estimate of drug-likeness (QED) is 0.696. The fraction of sp³-hybridized carbons (Fsp3) is 0.571. The molecule has 0 spiro atoms. The molecule has 11 heavy (non-hydrogen) atoms. The van der Waals surface area contributed by atoms with Crippen LogP contribution in [0.1, 0.15) is 6.92 Å². The lowest BCUT2D eigenvalue weighted by atomic mass is 10.4. The van der Waals surface area contributed by atoms with E-state index in [4.69, 9.17) is 4.42 Å². The lowest BCUT2D eigenvalue weighted by Crippen LogP contribution is -2.23. The minimum Gasteiger partial charge on any atom is -0.440 e. The second-order valence-corrected chi connectivity index (χ2v) is 3.27. The molecule has 0 aliphatic carbocycles. The Morgan fingerprint density at radius 1 is 1.82 bits per heavy atom. The minimum absolute atomic E-state index is 0.492. The number of nitrogens with zero attached hydrogens (tertiary/aromatic N) is 1. The van der Waals surface area contributed by atoms with Gasteiger partial charge in [-0.15, -0.1) is 0 Å². The predicted molar refractivity (Wildman–Crippen MR) is 45.7 cm³/mol. The number of hydrogen-bond acceptors (Lipinski definition) is 4. The second kappa shape index (κ2) is 4.41. The van der Waals surface area contributed by atoms with Crippen molar-refractivity contribution in [1.29, 1.82) is 0 Å². The fourth-order valence-electron chi connectivity index (χ4n) is 0.561. The summed E-state index contributed by atoms with van der Waals surface area (Å²) in [5, 5.41) is 3.88. The van der Waals surface area contributed by atoms with E-state index >= 15 is 0 Å². The van der Waals surface area contributed by atoms with Gasteiger partial charge >= 0.3 is 0 Å². The van der Waals surface area contributed by atoms with Gasteiger partial charge in [0, 0.05) is 11.8 Å². The summed E-state index contributed by atoms with van der Waals surface area (Å²) in [5.41, 5.74) is 0. The van der Waals surface area contributed by atoms with Crippen LogP contribution in [0.5, 0.6) is 0 Å². The van der Waals surface area contributed by atoms with Gasteiger partial charge < -0.3 is 9.73 Å². The molecule has 1 aromatic heterocycles. The Kier molecular flexibility index (Phi) is 3.45. The summed E-state index contributed by atoms with van der Waals surface area (Å²) in [4.78, 5) is 3.99. The van der Waals surface area contributed by atoms with Crippen molar-refractivity contribution >= 4 is 11.8 Å². The maximum atomic E-state index is 5.05. The van der Waals surface area contributed by atoms with Crippen molar-refractivity contribution in [2.45, 2.75) is 18.2 Å². The van der Waals surface area contributed by atoms with E-state index in [-0.39, 0.29) is 0 Å². The van der Waals surface area contributed by atoms with Crippen LogP contribution < -0.4 is 5.32 Å². The van der Waals surface area contributed by atoms with Gasteiger partial charge in [-0.05, 0) is 14.0 Å². The number of hydrogen-bond donors (Lipinski definition) is 1. The highest BCUT2D eigenvalue weighted by Gasteiger charge is 2.01. The van der Waals surface area contributed by atoms with E-state index in [9.17, 15) is 0 Å². The van der Waals surface area contributed by atoms with Gasteiger partial charge in [-0.3, -0.25) is 0 Å². The summed E-state index contributed by atoms with van der Waals surface area (Å²) in [5.74, 6) is 0.983. The highest BCUT2D eigenvalue weighted by atomic mass is 32.2. The molecule has 0 aliphatic heterocycles. The zero-order chi connectivity index (χ0) is 8.10. The van der Waals surface area contributed by atoms with Crippen LogP contribution in [0.15, 0.2) is 22.1 Å². The second-order valence-electron chi connectivity index (χ2n) is 2.30. The van der Waals surface area contributed by atoms with Crippen LogP contribution in [0, 0.1) is 0 Å². The summed E-state index contributed by atoms with van der Waals surface area (Å²) < 4.78 is 5.05. The Balaban J connectivity index is 2.23. The first kappa shape index (κ1) is 8.62. The van der Waals surface area contributed by atoms with Crippen LogP contribution in [-0.4, -0.2) is 23.8 Å². The Morgan fingerprint density at radius 3 is 3.18 bits per heavy atom. The molecule has 1 unspecified atom stereocenters. The molecule has 0 saturated heterocycles. The number of oxazole rings is 1. The molecule has 0 radical (unpaired) electrons. The molecule has 0 fully saturated rings. The molecule has 3 nitrogen and oxygen atoms in total. The lowest BCUT2D eigenvalue weighted by molar-refractivity contribution is 0.453. The van der Waals surface area contributed by atoms with Crippen molar-refractivity contribution in [3.63, 3.8) is 0 Å². The van der Waals surface area contributed by atoms with Crippen molar-refractivity contribution in [2.75, 3.05) is 12.8 Å². The zero-order valence-electron chi connectivity index (χ0n) is 6.70. The van der Waals surface area contributed by atoms with Crippen LogP contribution >= 0.6 is 11.8 Å². The van der Waals surface area contributed by atoms with Crippen molar-refractivity contribution in [1.82, 2.24) is 10.3 Å². The Morgan fingerprint density at radius 2 is 2.64 bits per heavy atom. The highest BCUT2D eigenvalue weighted by Crippen LogP contribution is 2.15. The highest BCUT2D eigenvalue weighted by molar-refractivity contribution is 7.99. The van der Waals surface area contributed by atoms with E-state index < -0.39 is 0 Å². The van der Waals surface area contributed by atoms with Crippen LogP contribution in [0.25, 0.3) is 0 Å². The average molecular weight is 172 g/mol. The van der Waals surface area contributed by atoms with Crippen molar-refractivity contribution in [2.24, 2.45) is 0 Å². The minimum atomic E-state index is 0.492. The van der Waals surface area contributed by atoms with Gasteiger partial charge in [0.25, 0.3) is 5.22 Å².